The highest BCUT2D eigenvalue weighted by Crippen LogP contribution is 2.53. The average molecular weight is 421 g/mol. The molecule has 3 heterocycles. The predicted octanol–water partition coefficient (Wildman–Crippen LogP) is -0.0277. The predicted molar refractivity (Wildman–Crippen MR) is 103 cm³/mol. The number of ether oxygens (including phenoxy) is 1. The second kappa shape index (κ2) is 7.08. The van der Waals surface area contributed by atoms with Gasteiger partial charge in [-0.15, -0.1) is 0 Å². The second-order valence-electron chi connectivity index (χ2n) is 7.55. The number of nitrogens with two attached hydrogens (primary N) is 1. The van der Waals surface area contributed by atoms with Crippen LogP contribution < -0.4 is 16.4 Å². The first-order chi connectivity index (χ1) is 13.8. The smallest absolute Gasteiger partial charge is 0.250 e. The number of nitrogens with one attached hydrogen (secondary N) is 2. The highest BCUT2D eigenvalue weighted by molar-refractivity contribution is 6.31. The summed E-state index contributed by atoms with van der Waals surface area (Å²) in [7, 11) is 1.54. The molecular formula is C19H21ClN4O5. The van der Waals surface area contributed by atoms with Gasteiger partial charge in [-0.1, -0.05) is 11.6 Å². The van der Waals surface area contributed by atoms with Crippen LogP contribution in [-0.4, -0.2) is 54.8 Å². The number of likely N-dealkylation sites (tertiary alicyclic amines) is 1. The molecule has 0 aliphatic carbocycles. The molecule has 0 aromatic heterocycles. The summed E-state index contributed by atoms with van der Waals surface area (Å²) in [6, 6.07) is 4.15. The van der Waals surface area contributed by atoms with E-state index in [2.05, 4.69) is 10.6 Å². The summed E-state index contributed by atoms with van der Waals surface area (Å²) in [5.74, 6) is -3.78. The molecule has 1 spiro atoms. The van der Waals surface area contributed by atoms with Crippen LogP contribution in [0.4, 0.5) is 5.69 Å². The van der Waals surface area contributed by atoms with Crippen molar-refractivity contribution >= 4 is 40.9 Å². The summed E-state index contributed by atoms with van der Waals surface area (Å²) in [4.78, 5) is 52.4. The summed E-state index contributed by atoms with van der Waals surface area (Å²) in [5, 5.41) is 6.28. The minimum absolute atomic E-state index is 0.170. The van der Waals surface area contributed by atoms with Crippen LogP contribution in [0, 0.1) is 11.8 Å². The molecule has 4 rings (SSSR count). The van der Waals surface area contributed by atoms with Crippen molar-refractivity contribution in [2.45, 2.75) is 24.4 Å². The van der Waals surface area contributed by atoms with Gasteiger partial charge in [-0.3, -0.25) is 29.4 Å². The molecule has 0 saturated carbocycles. The summed E-state index contributed by atoms with van der Waals surface area (Å²) in [6.45, 7) is 0.571. The maximum Gasteiger partial charge on any atom is 0.250 e. The number of carbonyl (C=O) groups excluding carboxylic acids is 4. The highest BCUT2D eigenvalue weighted by Gasteiger charge is 2.70. The van der Waals surface area contributed by atoms with E-state index in [4.69, 9.17) is 22.1 Å². The zero-order valence-corrected chi connectivity index (χ0v) is 16.5. The number of halogens is 1. The number of anilines is 1. The molecule has 9 nitrogen and oxygen atoms in total. The highest BCUT2D eigenvalue weighted by atomic mass is 35.5. The van der Waals surface area contributed by atoms with Gasteiger partial charge in [-0.05, 0) is 24.6 Å². The molecule has 10 heteroatoms. The van der Waals surface area contributed by atoms with Gasteiger partial charge in [0.2, 0.25) is 23.6 Å². The van der Waals surface area contributed by atoms with Crippen molar-refractivity contribution < 1.29 is 23.9 Å². The molecule has 1 aromatic rings. The molecule has 154 valence electrons. The molecule has 4 atom stereocenters. The van der Waals surface area contributed by atoms with Crippen LogP contribution in [0.3, 0.4) is 0 Å². The van der Waals surface area contributed by atoms with Gasteiger partial charge in [0.1, 0.15) is 5.54 Å². The van der Waals surface area contributed by atoms with E-state index in [1.807, 2.05) is 0 Å². The summed E-state index contributed by atoms with van der Waals surface area (Å²) >= 11 is 6.16. The van der Waals surface area contributed by atoms with Crippen molar-refractivity contribution in [1.82, 2.24) is 10.2 Å². The molecule has 4 unspecified atom stereocenters. The standard InChI is InChI=1S/C19H21ClN4O5/c1-29-6-2-5-24-16(26)14-12(8-13(21)25)23-19(15(14)17(24)27)10-7-9(20)3-4-11(10)22-18(19)28/h3-4,7,12,14-15,23H,2,5-6,8H2,1H3,(H2,21,25)(H,22,28). The molecule has 29 heavy (non-hydrogen) atoms. The van der Waals surface area contributed by atoms with E-state index >= 15 is 0 Å². The number of amides is 4. The number of hydrogen-bond acceptors (Lipinski definition) is 6. The van der Waals surface area contributed by atoms with Crippen LogP contribution in [-0.2, 0) is 29.5 Å². The van der Waals surface area contributed by atoms with E-state index < -0.39 is 47.0 Å². The largest absolute Gasteiger partial charge is 0.385 e. The normalized spacial score (nSPS) is 30.1. The first-order valence-corrected chi connectivity index (χ1v) is 9.70. The van der Waals surface area contributed by atoms with Crippen LogP contribution in [0.5, 0.6) is 0 Å². The third-order valence-corrected chi connectivity index (χ3v) is 6.15. The number of primary amides is 1. The Morgan fingerprint density at radius 3 is 2.76 bits per heavy atom. The fourth-order valence-corrected chi connectivity index (χ4v) is 4.98. The van der Waals surface area contributed by atoms with Crippen molar-refractivity contribution in [2.75, 3.05) is 25.6 Å². The third-order valence-electron chi connectivity index (χ3n) is 5.92. The summed E-state index contributed by atoms with van der Waals surface area (Å²) in [6.07, 6.45) is 0.306. The molecule has 2 saturated heterocycles. The lowest BCUT2D eigenvalue weighted by molar-refractivity contribution is -0.143. The number of rotatable bonds is 6. The van der Waals surface area contributed by atoms with E-state index in [1.54, 1.807) is 18.2 Å². The molecule has 0 bridgehead atoms. The lowest BCUT2D eigenvalue weighted by Crippen LogP contribution is -2.53. The van der Waals surface area contributed by atoms with Gasteiger partial charge in [-0.25, -0.2) is 0 Å². The Morgan fingerprint density at radius 2 is 2.07 bits per heavy atom. The Morgan fingerprint density at radius 1 is 1.31 bits per heavy atom. The number of nitrogens with zero attached hydrogens (tertiary/aromatic N) is 1. The Hall–Kier alpha value is -2.49. The van der Waals surface area contributed by atoms with E-state index in [0.717, 1.165) is 0 Å². The van der Waals surface area contributed by atoms with Crippen molar-refractivity contribution in [3.05, 3.63) is 28.8 Å². The lowest BCUT2D eigenvalue weighted by atomic mass is 9.76. The quantitative estimate of drug-likeness (QED) is 0.437. The lowest BCUT2D eigenvalue weighted by Gasteiger charge is -2.29. The van der Waals surface area contributed by atoms with Gasteiger partial charge >= 0.3 is 0 Å². The molecule has 3 aliphatic rings. The number of carbonyl (C=O) groups is 4. The van der Waals surface area contributed by atoms with Crippen LogP contribution >= 0.6 is 11.6 Å². The van der Waals surface area contributed by atoms with E-state index in [1.165, 1.54) is 12.0 Å². The average Bonchev–Trinajstić information content (AvgIpc) is 3.22. The number of methoxy groups -OCH3 is 1. The maximum absolute atomic E-state index is 13.3. The van der Waals surface area contributed by atoms with Gasteiger partial charge in [0.05, 0.1) is 11.8 Å². The van der Waals surface area contributed by atoms with Crippen molar-refractivity contribution in [1.29, 1.82) is 0 Å². The molecule has 0 radical (unpaired) electrons. The van der Waals surface area contributed by atoms with Crippen LogP contribution in [0.25, 0.3) is 0 Å². The number of imide groups is 1. The van der Waals surface area contributed by atoms with E-state index in [-0.39, 0.29) is 13.0 Å². The van der Waals surface area contributed by atoms with Crippen LogP contribution in [0.1, 0.15) is 18.4 Å². The number of fused-ring (bicyclic) bond motifs is 4. The topological polar surface area (TPSA) is 131 Å². The van der Waals surface area contributed by atoms with Crippen molar-refractivity contribution in [3.8, 4) is 0 Å². The zero-order chi connectivity index (χ0) is 20.9. The second-order valence-corrected chi connectivity index (χ2v) is 7.99. The molecule has 1 aromatic carbocycles. The Bertz CT molecular complexity index is 922. The Kier molecular flexibility index (Phi) is 4.84. The Labute approximate surface area is 171 Å². The van der Waals surface area contributed by atoms with Gasteiger partial charge in [0, 0.05) is 49.0 Å². The number of hydrogen-bond donors (Lipinski definition) is 3. The first-order valence-electron chi connectivity index (χ1n) is 9.33. The van der Waals surface area contributed by atoms with E-state index in [0.29, 0.717) is 29.3 Å². The summed E-state index contributed by atoms with van der Waals surface area (Å²) in [5.41, 5.74) is 4.92. The van der Waals surface area contributed by atoms with Crippen LogP contribution in [0.2, 0.25) is 5.02 Å². The molecule has 4 amide bonds. The first kappa shape index (κ1) is 19.8. The zero-order valence-electron chi connectivity index (χ0n) is 15.7. The fraction of sp³-hybridized carbons (Fsp3) is 0.474. The summed E-state index contributed by atoms with van der Waals surface area (Å²) < 4.78 is 5.01. The van der Waals surface area contributed by atoms with Crippen LogP contribution in [0.15, 0.2) is 18.2 Å². The third kappa shape index (κ3) is 2.84. The van der Waals surface area contributed by atoms with Gasteiger partial charge in [0.25, 0.3) is 0 Å². The van der Waals surface area contributed by atoms with Crippen molar-refractivity contribution in [2.24, 2.45) is 17.6 Å². The fourth-order valence-electron chi connectivity index (χ4n) is 4.81. The molecular weight excluding hydrogens is 400 g/mol. The maximum atomic E-state index is 13.3. The molecule has 3 aliphatic heterocycles. The molecule has 2 fully saturated rings. The minimum Gasteiger partial charge on any atom is -0.385 e. The number of benzene rings is 1. The monoisotopic (exact) mass is 420 g/mol. The van der Waals surface area contributed by atoms with E-state index in [9.17, 15) is 19.2 Å². The molecule has 4 N–H and O–H groups in total. The van der Waals surface area contributed by atoms with Gasteiger partial charge < -0.3 is 15.8 Å². The van der Waals surface area contributed by atoms with Gasteiger partial charge in [-0.2, -0.15) is 0 Å². The van der Waals surface area contributed by atoms with Gasteiger partial charge in [0.15, 0.2) is 0 Å². The Balaban J connectivity index is 1.80. The van der Waals surface area contributed by atoms with Crippen molar-refractivity contribution in [3.63, 3.8) is 0 Å². The minimum atomic E-state index is -1.48. The SMILES string of the molecule is COCCCN1C(=O)C2C(CC(N)=O)NC3(C(=O)Nc4ccc(Cl)cc43)C2C1=O.